The van der Waals surface area contributed by atoms with E-state index in [1.54, 1.807) is 18.2 Å². The number of hydrogen-bond acceptors (Lipinski definition) is 2. The minimum Gasteiger partial charge on any atom is -0.545 e. The van der Waals surface area contributed by atoms with Gasteiger partial charge in [0.05, 0.1) is 5.97 Å². The van der Waals surface area contributed by atoms with Crippen molar-refractivity contribution in [3.05, 3.63) is 36.5 Å². The van der Waals surface area contributed by atoms with E-state index in [9.17, 15) is 9.90 Å². The van der Waals surface area contributed by atoms with E-state index in [0.29, 0.717) is 0 Å². The van der Waals surface area contributed by atoms with E-state index in [1.165, 1.54) is 6.08 Å². The third kappa shape index (κ3) is 12.8. The fraction of sp³-hybridized carbons (Fsp3) is 0.125. The number of aliphatic carboxylic acids is 1. The summed E-state index contributed by atoms with van der Waals surface area (Å²) in [5.41, 5.74) is 0. The summed E-state index contributed by atoms with van der Waals surface area (Å²) in [7, 11) is 0. The molecule has 0 aliphatic carbocycles. The SMILES string of the molecule is CC=C/C=C/C=C/C(=O)[O-].[Na+]. The first-order valence-corrected chi connectivity index (χ1v) is 2.94. The Morgan fingerprint density at radius 1 is 1.18 bits per heavy atom. The van der Waals surface area contributed by atoms with Crippen LogP contribution < -0.4 is 34.7 Å². The molecular formula is C8H9NaO2. The predicted molar refractivity (Wildman–Crippen MR) is 38.1 cm³/mol. The molecule has 0 radical (unpaired) electrons. The summed E-state index contributed by atoms with van der Waals surface area (Å²) < 4.78 is 0. The van der Waals surface area contributed by atoms with E-state index in [2.05, 4.69) is 0 Å². The van der Waals surface area contributed by atoms with E-state index in [4.69, 9.17) is 0 Å². The minimum absolute atomic E-state index is 0. The molecule has 0 aromatic carbocycles. The second-order valence-corrected chi connectivity index (χ2v) is 1.59. The van der Waals surface area contributed by atoms with Gasteiger partial charge in [-0.15, -0.1) is 0 Å². The summed E-state index contributed by atoms with van der Waals surface area (Å²) in [6.45, 7) is 1.88. The van der Waals surface area contributed by atoms with Crippen molar-refractivity contribution in [2.24, 2.45) is 0 Å². The largest absolute Gasteiger partial charge is 1.00 e. The van der Waals surface area contributed by atoms with Crippen LogP contribution in [0.5, 0.6) is 0 Å². The molecule has 2 nitrogen and oxygen atoms in total. The summed E-state index contributed by atoms with van der Waals surface area (Å²) in [4.78, 5) is 9.78. The summed E-state index contributed by atoms with van der Waals surface area (Å²) in [6.07, 6.45) is 9.40. The average Bonchev–Trinajstić information content (AvgIpc) is 1.87. The van der Waals surface area contributed by atoms with Gasteiger partial charge in [-0.2, -0.15) is 0 Å². The Balaban J connectivity index is 0. The normalized spacial score (nSPS) is 11.0. The molecule has 0 rings (SSSR count). The molecule has 0 aromatic rings. The van der Waals surface area contributed by atoms with Crippen LogP contribution in [0.15, 0.2) is 36.5 Å². The van der Waals surface area contributed by atoms with Crippen LogP contribution in [0.25, 0.3) is 0 Å². The summed E-state index contributed by atoms with van der Waals surface area (Å²) in [5, 5.41) is 9.78. The number of carboxylic acid groups (broad SMARTS) is 1. The molecule has 0 saturated heterocycles. The number of carbonyl (C=O) groups is 1. The van der Waals surface area contributed by atoms with Gasteiger partial charge in [0.25, 0.3) is 0 Å². The van der Waals surface area contributed by atoms with Gasteiger partial charge in [0.1, 0.15) is 0 Å². The molecule has 0 aliphatic heterocycles. The Morgan fingerprint density at radius 3 is 2.18 bits per heavy atom. The van der Waals surface area contributed by atoms with Crippen LogP contribution in [0.1, 0.15) is 6.92 Å². The van der Waals surface area contributed by atoms with E-state index < -0.39 is 5.97 Å². The molecule has 0 saturated carbocycles. The Morgan fingerprint density at radius 2 is 1.73 bits per heavy atom. The zero-order valence-electron chi connectivity index (χ0n) is 6.78. The third-order valence-electron chi connectivity index (χ3n) is 0.758. The number of allylic oxidation sites excluding steroid dienone is 5. The van der Waals surface area contributed by atoms with E-state index >= 15 is 0 Å². The summed E-state index contributed by atoms with van der Waals surface area (Å²) in [5.74, 6) is -1.18. The van der Waals surface area contributed by atoms with Crippen molar-refractivity contribution in [1.82, 2.24) is 0 Å². The number of carboxylic acids is 1. The Hall–Kier alpha value is -0.310. The van der Waals surface area contributed by atoms with Crippen molar-refractivity contribution in [2.75, 3.05) is 0 Å². The predicted octanol–water partition coefficient (Wildman–Crippen LogP) is -2.57. The van der Waals surface area contributed by atoms with Gasteiger partial charge in [-0.1, -0.05) is 30.4 Å². The monoisotopic (exact) mass is 160 g/mol. The van der Waals surface area contributed by atoms with Gasteiger partial charge in [0.15, 0.2) is 0 Å². The summed E-state index contributed by atoms with van der Waals surface area (Å²) in [6, 6.07) is 0. The van der Waals surface area contributed by atoms with Crippen LogP contribution in [-0.4, -0.2) is 5.97 Å². The fourth-order valence-electron chi connectivity index (χ4n) is 0.374. The van der Waals surface area contributed by atoms with Crippen molar-refractivity contribution in [1.29, 1.82) is 0 Å². The first kappa shape index (κ1) is 13.3. The molecule has 0 fully saturated rings. The van der Waals surface area contributed by atoms with Crippen molar-refractivity contribution < 1.29 is 39.5 Å². The zero-order valence-corrected chi connectivity index (χ0v) is 8.78. The molecule has 3 heteroatoms. The number of carbonyl (C=O) groups excluding carboxylic acids is 1. The first-order valence-electron chi connectivity index (χ1n) is 2.94. The van der Waals surface area contributed by atoms with E-state index in [-0.39, 0.29) is 29.6 Å². The fourth-order valence-corrected chi connectivity index (χ4v) is 0.374. The van der Waals surface area contributed by atoms with Crippen molar-refractivity contribution in [2.45, 2.75) is 6.92 Å². The molecular weight excluding hydrogens is 151 g/mol. The van der Waals surface area contributed by atoms with Gasteiger partial charge >= 0.3 is 29.6 Å². The van der Waals surface area contributed by atoms with E-state index in [0.717, 1.165) is 6.08 Å². The molecule has 0 heterocycles. The van der Waals surface area contributed by atoms with Gasteiger partial charge in [-0.05, 0) is 13.0 Å². The second kappa shape index (κ2) is 9.69. The molecule has 0 spiro atoms. The molecule has 11 heavy (non-hydrogen) atoms. The average molecular weight is 160 g/mol. The van der Waals surface area contributed by atoms with Crippen LogP contribution in [0.4, 0.5) is 0 Å². The van der Waals surface area contributed by atoms with Gasteiger partial charge in [0, 0.05) is 0 Å². The van der Waals surface area contributed by atoms with Crippen molar-refractivity contribution in [3.63, 3.8) is 0 Å². The molecule has 0 N–H and O–H groups in total. The zero-order chi connectivity index (χ0) is 7.82. The van der Waals surface area contributed by atoms with Crippen molar-refractivity contribution >= 4 is 5.97 Å². The Labute approximate surface area is 88.6 Å². The molecule has 0 amide bonds. The molecule has 0 bridgehead atoms. The molecule has 0 unspecified atom stereocenters. The molecule has 54 valence electrons. The van der Waals surface area contributed by atoms with Crippen LogP contribution in [0.2, 0.25) is 0 Å². The second-order valence-electron chi connectivity index (χ2n) is 1.59. The first-order chi connectivity index (χ1) is 4.77. The molecule has 0 aliphatic rings. The van der Waals surface area contributed by atoms with Gasteiger partial charge < -0.3 is 9.90 Å². The Kier molecular flexibility index (Phi) is 11.7. The maximum absolute atomic E-state index is 9.78. The summed E-state index contributed by atoms with van der Waals surface area (Å²) >= 11 is 0. The van der Waals surface area contributed by atoms with Gasteiger partial charge in [-0.25, -0.2) is 0 Å². The topological polar surface area (TPSA) is 40.1 Å². The molecule has 0 atom stereocenters. The van der Waals surface area contributed by atoms with Crippen molar-refractivity contribution in [3.8, 4) is 0 Å². The maximum atomic E-state index is 9.78. The third-order valence-corrected chi connectivity index (χ3v) is 0.758. The standard InChI is InChI=1S/C8H10O2.Na/c1-2-3-4-5-6-7-8(9)10;/h2-7H,1H3,(H,9,10);/q;+1/p-1/b3-2?,5-4+,7-6+;. The maximum Gasteiger partial charge on any atom is 1.00 e. The van der Waals surface area contributed by atoms with Crippen LogP contribution in [-0.2, 0) is 4.79 Å². The van der Waals surface area contributed by atoms with Crippen LogP contribution >= 0.6 is 0 Å². The Bertz CT molecular complexity index is 181. The smallest absolute Gasteiger partial charge is 0.545 e. The van der Waals surface area contributed by atoms with Gasteiger partial charge in [0.2, 0.25) is 0 Å². The van der Waals surface area contributed by atoms with Crippen LogP contribution in [0, 0.1) is 0 Å². The molecule has 0 aromatic heterocycles. The quantitative estimate of drug-likeness (QED) is 0.258. The van der Waals surface area contributed by atoms with Crippen LogP contribution in [0.3, 0.4) is 0 Å². The minimum atomic E-state index is -1.18. The number of hydrogen-bond donors (Lipinski definition) is 0. The van der Waals surface area contributed by atoms with Gasteiger partial charge in [-0.3, -0.25) is 0 Å². The number of rotatable bonds is 3. The van der Waals surface area contributed by atoms with E-state index in [1.807, 2.05) is 13.0 Å².